The van der Waals surface area contributed by atoms with Crippen LogP contribution in [0.4, 0.5) is 0 Å². The minimum Gasteiger partial charge on any atom is -0.493 e. The first kappa shape index (κ1) is 12.6. The first-order chi connectivity index (χ1) is 8.68. The van der Waals surface area contributed by atoms with E-state index < -0.39 is 0 Å². The standard InChI is InChI=1S/C14H17NO3/c1-11-5-2-3-6-12(11)18-10-4-9-15-13(16)7-8-14(15)17/h2-3,5-6H,4,7-10H2,1H3. The number of nitrogens with zero attached hydrogens (tertiary/aromatic N) is 1. The van der Waals surface area contributed by atoms with Gasteiger partial charge in [0.15, 0.2) is 0 Å². The highest BCUT2D eigenvalue weighted by Gasteiger charge is 2.27. The molecule has 18 heavy (non-hydrogen) atoms. The van der Waals surface area contributed by atoms with E-state index in [0.717, 1.165) is 11.3 Å². The Kier molecular flexibility index (Phi) is 3.97. The number of ether oxygens (including phenoxy) is 1. The van der Waals surface area contributed by atoms with Gasteiger partial charge in [-0.2, -0.15) is 0 Å². The maximum absolute atomic E-state index is 11.4. The number of amides is 2. The van der Waals surface area contributed by atoms with Crippen LogP contribution in [0.1, 0.15) is 24.8 Å². The van der Waals surface area contributed by atoms with Gasteiger partial charge in [-0.05, 0) is 25.0 Å². The third-order valence-electron chi connectivity index (χ3n) is 3.03. The van der Waals surface area contributed by atoms with Crippen LogP contribution in [0, 0.1) is 6.92 Å². The molecule has 0 atom stereocenters. The molecule has 1 fully saturated rings. The number of aryl methyl sites for hydroxylation is 1. The first-order valence-corrected chi connectivity index (χ1v) is 6.20. The quantitative estimate of drug-likeness (QED) is 0.590. The molecule has 2 amide bonds. The smallest absolute Gasteiger partial charge is 0.229 e. The summed E-state index contributed by atoms with van der Waals surface area (Å²) in [6.07, 6.45) is 1.39. The van der Waals surface area contributed by atoms with E-state index in [0.29, 0.717) is 32.4 Å². The van der Waals surface area contributed by atoms with Gasteiger partial charge < -0.3 is 4.74 Å². The number of rotatable bonds is 5. The Balaban J connectivity index is 1.75. The SMILES string of the molecule is Cc1ccccc1OCCCN1C(=O)CCC1=O. The van der Waals surface area contributed by atoms with Crippen LogP contribution in [0.25, 0.3) is 0 Å². The van der Waals surface area contributed by atoms with Gasteiger partial charge in [-0.1, -0.05) is 18.2 Å². The van der Waals surface area contributed by atoms with Gasteiger partial charge in [0.1, 0.15) is 5.75 Å². The highest BCUT2D eigenvalue weighted by Crippen LogP contribution is 2.17. The summed E-state index contributed by atoms with van der Waals surface area (Å²) in [5.41, 5.74) is 1.09. The predicted molar refractivity (Wildman–Crippen MR) is 67.2 cm³/mol. The largest absolute Gasteiger partial charge is 0.493 e. The summed E-state index contributed by atoms with van der Waals surface area (Å²) in [5.74, 6) is 0.739. The number of hydrogen-bond donors (Lipinski definition) is 0. The van der Waals surface area contributed by atoms with Crippen molar-refractivity contribution in [2.24, 2.45) is 0 Å². The Bertz CT molecular complexity index is 440. The molecule has 0 spiro atoms. The van der Waals surface area contributed by atoms with Crippen molar-refractivity contribution >= 4 is 11.8 Å². The van der Waals surface area contributed by atoms with Gasteiger partial charge in [0, 0.05) is 19.4 Å². The van der Waals surface area contributed by atoms with Crippen LogP contribution in [-0.2, 0) is 9.59 Å². The van der Waals surface area contributed by atoms with Crippen molar-refractivity contribution in [3.63, 3.8) is 0 Å². The summed E-state index contributed by atoms with van der Waals surface area (Å²) in [6, 6.07) is 7.80. The fourth-order valence-electron chi connectivity index (χ4n) is 2.00. The van der Waals surface area contributed by atoms with Gasteiger partial charge in [0.05, 0.1) is 6.61 Å². The van der Waals surface area contributed by atoms with Crippen molar-refractivity contribution in [2.75, 3.05) is 13.2 Å². The molecule has 1 aromatic carbocycles. The zero-order valence-electron chi connectivity index (χ0n) is 10.5. The maximum Gasteiger partial charge on any atom is 0.229 e. The number of likely N-dealkylation sites (tertiary alicyclic amines) is 1. The first-order valence-electron chi connectivity index (χ1n) is 6.20. The Morgan fingerprint density at radius 1 is 1.17 bits per heavy atom. The molecule has 0 radical (unpaired) electrons. The average molecular weight is 247 g/mol. The summed E-state index contributed by atoms with van der Waals surface area (Å²) < 4.78 is 5.62. The number of benzene rings is 1. The normalized spacial score (nSPS) is 15.3. The van der Waals surface area contributed by atoms with Gasteiger partial charge >= 0.3 is 0 Å². The third kappa shape index (κ3) is 2.88. The summed E-state index contributed by atoms with van der Waals surface area (Å²) in [6.45, 7) is 2.97. The van der Waals surface area contributed by atoms with Crippen LogP contribution < -0.4 is 4.74 Å². The molecule has 1 heterocycles. The third-order valence-corrected chi connectivity index (χ3v) is 3.03. The lowest BCUT2D eigenvalue weighted by Crippen LogP contribution is -2.30. The summed E-state index contributed by atoms with van der Waals surface area (Å²) in [4.78, 5) is 24.1. The van der Waals surface area contributed by atoms with Gasteiger partial charge in [-0.3, -0.25) is 14.5 Å². The van der Waals surface area contributed by atoms with Gasteiger partial charge in [-0.15, -0.1) is 0 Å². The number of para-hydroxylation sites is 1. The number of carbonyl (C=O) groups is 2. The van der Waals surface area contributed by atoms with E-state index in [1.54, 1.807) is 0 Å². The number of carbonyl (C=O) groups excluding carboxylic acids is 2. The van der Waals surface area contributed by atoms with Gasteiger partial charge in [0.25, 0.3) is 0 Å². The topological polar surface area (TPSA) is 46.6 Å². The van der Waals surface area contributed by atoms with Crippen LogP contribution >= 0.6 is 0 Å². The van der Waals surface area contributed by atoms with Crippen LogP contribution in [0.2, 0.25) is 0 Å². The van der Waals surface area contributed by atoms with Crippen molar-refractivity contribution in [3.05, 3.63) is 29.8 Å². The second-order valence-electron chi connectivity index (χ2n) is 4.41. The molecule has 1 aliphatic heterocycles. The molecule has 0 aliphatic carbocycles. The number of imide groups is 1. The molecule has 2 rings (SSSR count). The molecule has 4 nitrogen and oxygen atoms in total. The molecule has 96 valence electrons. The Morgan fingerprint density at radius 3 is 2.50 bits per heavy atom. The summed E-state index contributed by atoms with van der Waals surface area (Å²) >= 11 is 0. The predicted octanol–water partition coefficient (Wildman–Crippen LogP) is 1.91. The van der Waals surface area contributed by atoms with E-state index in [9.17, 15) is 9.59 Å². The zero-order chi connectivity index (χ0) is 13.0. The molecular formula is C14H17NO3. The van der Waals surface area contributed by atoms with E-state index in [4.69, 9.17) is 4.74 Å². The molecule has 1 aliphatic rings. The monoisotopic (exact) mass is 247 g/mol. The highest BCUT2D eigenvalue weighted by molar-refractivity contribution is 6.01. The van der Waals surface area contributed by atoms with Crippen LogP contribution in [0.5, 0.6) is 5.75 Å². The van der Waals surface area contributed by atoms with Gasteiger partial charge in [0.2, 0.25) is 11.8 Å². The molecule has 0 bridgehead atoms. The van der Waals surface area contributed by atoms with E-state index >= 15 is 0 Å². The number of hydrogen-bond acceptors (Lipinski definition) is 3. The van der Waals surface area contributed by atoms with Crippen molar-refractivity contribution in [1.82, 2.24) is 4.90 Å². The Morgan fingerprint density at radius 2 is 1.83 bits per heavy atom. The molecule has 0 aromatic heterocycles. The van der Waals surface area contributed by atoms with Crippen molar-refractivity contribution < 1.29 is 14.3 Å². The highest BCUT2D eigenvalue weighted by atomic mass is 16.5. The van der Waals surface area contributed by atoms with Crippen molar-refractivity contribution in [1.29, 1.82) is 0 Å². The zero-order valence-corrected chi connectivity index (χ0v) is 10.5. The Hall–Kier alpha value is -1.84. The van der Waals surface area contributed by atoms with Crippen molar-refractivity contribution in [3.8, 4) is 5.75 Å². The lowest BCUT2D eigenvalue weighted by atomic mass is 10.2. The van der Waals surface area contributed by atoms with E-state index in [2.05, 4.69) is 0 Å². The molecular weight excluding hydrogens is 230 g/mol. The fraction of sp³-hybridized carbons (Fsp3) is 0.429. The maximum atomic E-state index is 11.4. The second-order valence-corrected chi connectivity index (χ2v) is 4.41. The van der Waals surface area contributed by atoms with E-state index in [1.807, 2.05) is 31.2 Å². The minimum atomic E-state index is -0.0594. The second kappa shape index (κ2) is 5.67. The lowest BCUT2D eigenvalue weighted by Gasteiger charge is -2.14. The average Bonchev–Trinajstić information content (AvgIpc) is 2.67. The molecule has 0 unspecified atom stereocenters. The van der Waals surface area contributed by atoms with Crippen LogP contribution in [0.3, 0.4) is 0 Å². The van der Waals surface area contributed by atoms with E-state index in [-0.39, 0.29) is 11.8 Å². The Labute approximate surface area is 107 Å². The van der Waals surface area contributed by atoms with Crippen molar-refractivity contribution in [2.45, 2.75) is 26.2 Å². The molecule has 4 heteroatoms. The molecule has 1 aromatic rings. The summed E-state index contributed by atoms with van der Waals surface area (Å²) in [7, 11) is 0. The van der Waals surface area contributed by atoms with Gasteiger partial charge in [-0.25, -0.2) is 0 Å². The minimum absolute atomic E-state index is 0.0594. The van der Waals surface area contributed by atoms with Crippen LogP contribution in [0.15, 0.2) is 24.3 Å². The summed E-state index contributed by atoms with van der Waals surface area (Å²) in [5, 5.41) is 0. The molecule has 0 saturated carbocycles. The van der Waals surface area contributed by atoms with E-state index in [1.165, 1.54) is 4.90 Å². The van der Waals surface area contributed by atoms with Crippen LogP contribution in [-0.4, -0.2) is 29.9 Å². The fourth-order valence-corrected chi connectivity index (χ4v) is 2.00. The lowest BCUT2D eigenvalue weighted by molar-refractivity contribution is -0.138. The molecule has 1 saturated heterocycles. The molecule has 0 N–H and O–H groups in total.